The maximum Gasteiger partial charge on any atom is 0.214 e. The van der Waals surface area contributed by atoms with Gasteiger partial charge in [-0.15, -0.1) is 5.10 Å². The zero-order chi connectivity index (χ0) is 13.9. The van der Waals surface area contributed by atoms with E-state index >= 15 is 0 Å². The number of phenols is 1. The Hall–Kier alpha value is -2.09. The lowest BCUT2D eigenvalue weighted by atomic mass is 10.3. The van der Waals surface area contributed by atoms with E-state index < -0.39 is 0 Å². The lowest BCUT2D eigenvalue weighted by molar-refractivity contribution is 0.317. The number of benzene rings is 1. The number of hydrogen-bond donors (Lipinski definition) is 2. The minimum atomic E-state index is 0.113. The van der Waals surface area contributed by atoms with Crippen LogP contribution in [0.4, 0.5) is 0 Å². The van der Waals surface area contributed by atoms with Crippen molar-refractivity contribution in [1.82, 2.24) is 20.2 Å². The maximum absolute atomic E-state index is 9.31. The lowest BCUT2D eigenvalue weighted by Crippen LogP contribution is -2.11. The molecule has 1 aliphatic carbocycles. The fraction of sp³-hybridized carbons (Fsp3) is 0.333. The van der Waals surface area contributed by atoms with E-state index in [1.54, 1.807) is 28.9 Å². The summed E-state index contributed by atoms with van der Waals surface area (Å²) in [4.78, 5) is 0. The molecule has 0 amide bonds. The third-order valence-corrected chi connectivity index (χ3v) is 4.44. The molecule has 1 unspecified atom stereocenters. The molecule has 3 rings (SSSR count). The largest absolute Gasteiger partial charge is 0.508 e. The van der Waals surface area contributed by atoms with Gasteiger partial charge in [-0.05, 0) is 54.0 Å². The van der Waals surface area contributed by atoms with Crippen LogP contribution in [-0.4, -0.2) is 41.5 Å². The summed E-state index contributed by atoms with van der Waals surface area (Å²) < 4.78 is 1.61. The van der Waals surface area contributed by atoms with Gasteiger partial charge in [0.25, 0.3) is 0 Å². The zero-order valence-corrected chi connectivity index (χ0v) is 11.4. The van der Waals surface area contributed by atoms with Crippen LogP contribution >= 0.6 is 11.8 Å². The number of oxime groups is 1. The molecule has 1 aliphatic rings. The van der Waals surface area contributed by atoms with Crippen molar-refractivity contribution in [2.24, 2.45) is 5.16 Å². The number of nitrogens with zero attached hydrogens (tertiary/aromatic N) is 5. The average Bonchev–Trinajstić information content (AvgIpc) is 3.09. The van der Waals surface area contributed by atoms with Gasteiger partial charge >= 0.3 is 0 Å². The van der Waals surface area contributed by atoms with E-state index in [1.807, 2.05) is 0 Å². The van der Waals surface area contributed by atoms with Crippen LogP contribution < -0.4 is 0 Å². The molecule has 8 heteroatoms. The van der Waals surface area contributed by atoms with Gasteiger partial charge in [0.2, 0.25) is 5.16 Å². The second kappa shape index (κ2) is 5.49. The number of aromatic nitrogens is 4. The Labute approximate surface area is 119 Å². The van der Waals surface area contributed by atoms with Crippen LogP contribution in [0.1, 0.15) is 19.3 Å². The topological polar surface area (TPSA) is 96.4 Å². The number of phenolic OH excluding ortho intramolecular Hbond substituents is 1. The van der Waals surface area contributed by atoms with Crippen LogP contribution in [0.5, 0.6) is 5.75 Å². The molecular weight excluding hydrogens is 278 g/mol. The van der Waals surface area contributed by atoms with Crippen molar-refractivity contribution in [2.45, 2.75) is 29.7 Å². The fourth-order valence-corrected chi connectivity index (χ4v) is 3.34. The van der Waals surface area contributed by atoms with Gasteiger partial charge in [-0.25, -0.2) is 0 Å². The summed E-state index contributed by atoms with van der Waals surface area (Å²) in [5.41, 5.74) is 1.56. The molecule has 20 heavy (non-hydrogen) atoms. The number of rotatable bonds is 3. The van der Waals surface area contributed by atoms with Gasteiger partial charge in [0, 0.05) is 0 Å². The first-order chi connectivity index (χ1) is 9.78. The third-order valence-electron chi connectivity index (χ3n) is 3.18. The monoisotopic (exact) mass is 291 g/mol. The van der Waals surface area contributed by atoms with E-state index in [-0.39, 0.29) is 11.0 Å². The minimum absolute atomic E-state index is 0.113. The Kier molecular flexibility index (Phi) is 3.55. The molecule has 2 aromatic rings. The molecule has 104 valence electrons. The van der Waals surface area contributed by atoms with Gasteiger partial charge in [-0.1, -0.05) is 16.9 Å². The van der Waals surface area contributed by atoms with Crippen molar-refractivity contribution in [3.8, 4) is 11.4 Å². The third kappa shape index (κ3) is 2.46. The average molecular weight is 291 g/mol. The van der Waals surface area contributed by atoms with Crippen LogP contribution in [0.2, 0.25) is 0 Å². The Morgan fingerprint density at radius 2 is 2.10 bits per heavy atom. The van der Waals surface area contributed by atoms with Crippen LogP contribution in [0.3, 0.4) is 0 Å². The predicted octanol–water partition coefficient (Wildman–Crippen LogP) is 1.84. The Balaban J connectivity index is 1.85. The smallest absolute Gasteiger partial charge is 0.214 e. The number of hydrogen-bond acceptors (Lipinski definition) is 7. The molecule has 1 saturated carbocycles. The summed E-state index contributed by atoms with van der Waals surface area (Å²) in [7, 11) is 0. The van der Waals surface area contributed by atoms with Gasteiger partial charge in [0.05, 0.1) is 16.6 Å². The van der Waals surface area contributed by atoms with Gasteiger partial charge in [-0.3, -0.25) is 0 Å². The Morgan fingerprint density at radius 1 is 1.30 bits per heavy atom. The van der Waals surface area contributed by atoms with Crippen molar-refractivity contribution in [2.75, 3.05) is 0 Å². The Morgan fingerprint density at radius 3 is 2.85 bits per heavy atom. The summed E-state index contributed by atoms with van der Waals surface area (Å²) in [6, 6.07) is 6.65. The highest BCUT2D eigenvalue weighted by Crippen LogP contribution is 2.32. The highest BCUT2D eigenvalue weighted by molar-refractivity contribution is 8.00. The first-order valence-corrected chi connectivity index (χ1v) is 7.11. The normalized spacial score (nSPS) is 20.6. The first kappa shape index (κ1) is 12.9. The van der Waals surface area contributed by atoms with Crippen molar-refractivity contribution in [3.05, 3.63) is 24.3 Å². The molecule has 1 aromatic heterocycles. The molecule has 1 aromatic carbocycles. The first-order valence-electron chi connectivity index (χ1n) is 6.23. The highest BCUT2D eigenvalue weighted by atomic mass is 32.2. The second-order valence-electron chi connectivity index (χ2n) is 4.48. The van der Waals surface area contributed by atoms with Gasteiger partial charge in [0.1, 0.15) is 5.75 Å². The van der Waals surface area contributed by atoms with Gasteiger partial charge in [0.15, 0.2) is 0 Å². The van der Waals surface area contributed by atoms with Crippen molar-refractivity contribution < 1.29 is 10.3 Å². The van der Waals surface area contributed by atoms with E-state index in [9.17, 15) is 5.11 Å². The van der Waals surface area contributed by atoms with Crippen LogP contribution in [0, 0.1) is 0 Å². The van der Waals surface area contributed by atoms with Crippen molar-refractivity contribution >= 4 is 17.5 Å². The standard InChI is InChI=1S/C12H13N5O2S/c18-9-6-4-8(5-7-9)17-12(13-15-16-17)20-11-3-1-2-10(11)14-19/h4-7,11,18-19H,1-3H2/b14-10+. The minimum Gasteiger partial charge on any atom is -0.508 e. The lowest BCUT2D eigenvalue weighted by Gasteiger charge is -2.09. The molecule has 0 saturated heterocycles. The van der Waals surface area contributed by atoms with Gasteiger partial charge < -0.3 is 10.3 Å². The van der Waals surface area contributed by atoms with Crippen molar-refractivity contribution in [3.63, 3.8) is 0 Å². The van der Waals surface area contributed by atoms with E-state index in [4.69, 9.17) is 5.21 Å². The maximum atomic E-state index is 9.31. The molecule has 0 aliphatic heterocycles. The predicted molar refractivity (Wildman–Crippen MR) is 73.5 cm³/mol. The molecule has 7 nitrogen and oxygen atoms in total. The molecule has 2 N–H and O–H groups in total. The number of tetrazole rings is 1. The molecule has 0 radical (unpaired) electrons. The quantitative estimate of drug-likeness (QED) is 0.661. The molecule has 0 spiro atoms. The summed E-state index contributed by atoms with van der Waals surface area (Å²) in [6.07, 6.45) is 2.78. The summed E-state index contributed by atoms with van der Waals surface area (Å²) in [5.74, 6) is 0.196. The van der Waals surface area contributed by atoms with E-state index in [0.717, 1.165) is 30.7 Å². The number of thioether (sulfide) groups is 1. The van der Waals surface area contributed by atoms with E-state index in [2.05, 4.69) is 20.7 Å². The van der Waals surface area contributed by atoms with Gasteiger partial charge in [-0.2, -0.15) is 4.68 Å². The fourth-order valence-electron chi connectivity index (χ4n) is 2.17. The number of aromatic hydroxyl groups is 1. The van der Waals surface area contributed by atoms with Crippen molar-refractivity contribution in [1.29, 1.82) is 0 Å². The van der Waals surface area contributed by atoms with E-state index in [0.29, 0.717) is 5.16 Å². The summed E-state index contributed by atoms with van der Waals surface area (Å²) in [6.45, 7) is 0. The van der Waals surface area contributed by atoms with Crippen LogP contribution in [0.25, 0.3) is 5.69 Å². The molecule has 0 bridgehead atoms. The summed E-state index contributed by atoms with van der Waals surface area (Å²) in [5, 5.41) is 34.0. The molecule has 1 heterocycles. The molecule has 1 atom stereocenters. The van der Waals surface area contributed by atoms with Crippen LogP contribution in [0.15, 0.2) is 34.6 Å². The van der Waals surface area contributed by atoms with Crippen LogP contribution in [-0.2, 0) is 0 Å². The molecule has 1 fully saturated rings. The Bertz CT molecular complexity index is 625. The summed E-state index contributed by atoms with van der Waals surface area (Å²) >= 11 is 1.49. The second-order valence-corrected chi connectivity index (χ2v) is 5.65. The SMILES string of the molecule is O/N=C1\CCCC1Sc1nnnn1-c1ccc(O)cc1. The van der Waals surface area contributed by atoms with E-state index in [1.165, 1.54) is 11.8 Å². The molecular formula is C12H13N5O2S. The highest BCUT2D eigenvalue weighted by Gasteiger charge is 2.26. The zero-order valence-electron chi connectivity index (χ0n) is 10.5.